The molecule has 0 bridgehead atoms. The number of anilines is 2. The molecule has 9 nitrogen and oxygen atoms in total. The monoisotopic (exact) mass is 333 g/mol. The Morgan fingerprint density at radius 1 is 1.26 bits per heavy atom. The summed E-state index contributed by atoms with van der Waals surface area (Å²) in [6.45, 7) is 0. The van der Waals surface area contributed by atoms with E-state index in [1.165, 1.54) is 30.7 Å². The molecule has 0 atom stereocenters. The van der Waals surface area contributed by atoms with Crippen LogP contribution in [0.15, 0.2) is 47.8 Å². The molecular formula is C13H11N5O4S. The molecule has 2 aromatic heterocycles. The highest BCUT2D eigenvalue weighted by molar-refractivity contribution is 7.89. The second-order valence-corrected chi connectivity index (χ2v) is 6.19. The van der Waals surface area contributed by atoms with Crippen LogP contribution in [-0.4, -0.2) is 34.2 Å². The number of carboxylic acid groups (broad SMARTS) is 1. The predicted octanol–water partition coefficient (Wildman–Crippen LogP) is 1.35. The van der Waals surface area contributed by atoms with Crippen LogP contribution in [0.5, 0.6) is 0 Å². The maximum absolute atomic E-state index is 11.4. The third kappa shape index (κ3) is 2.84. The standard InChI is InChI=1S/C13H11N5O4S/c14-23(21,22)9-3-1-2-8(6-9)17-11-10-4-5-18(13(19)20)12(10)16-7-15-11/h1-7H,(H,19,20)(H2,14,21,22)(H,15,16,17). The molecule has 0 saturated carbocycles. The number of primary sulfonamides is 1. The largest absolute Gasteiger partial charge is 0.464 e. The van der Waals surface area contributed by atoms with Crippen molar-refractivity contribution in [2.75, 3.05) is 5.32 Å². The predicted molar refractivity (Wildman–Crippen MR) is 82.0 cm³/mol. The summed E-state index contributed by atoms with van der Waals surface area (Å²) in [5.41, 5.74) is 0.664. The summed E-state index contributed by atoms with van der Waals surface area (Å²) in [6.07, 6.45) is 1.40. The molecule has 0 saturated heterocycles. The molecule has 0 amide bonds. The lowest BCUT2D eigenvalue weighted by atomic mass is 10.3. The number of aromatic nitrogens is 3. The van der Waals surface area contributed by atoms with Gasteiger partial charge in [-0.05, 0) is 24.3 Å². The van der Waals surface area contributed by atoms with Crippen LogP contribution in [0, 0.1) is 0 Å². The van der Waals surface area contributed by atoms with Crippen molar-refractivity contribution in [3.05, 3.63) is 42.9 Å². The van der Waals surface area contributed by atoms with E-state index in [4.69, 9.17) is 10.2 Å². The lowest BCUT2D eigenvalue weighted by Crippen LogP contribution is -2.12. The number of nitrogens with two attached hydrogens (primary N) is 1. The Balaban J connectivity index is 2.04. The zero-order valence-electron chi connectivity index (χ0n) is 11.5. The SMILES string of the molecule is NS(=O)(=O)c1cccc(Nc2ncnc3c2ccn3C(=O)O)c1. The number of nitrogens with zero attached hydrogens (tertiary/aromatic N) is 3. The van der Waals surface area contributed by atoms with Crippen molar-refractivity contribution < 1.29 is 18.3 Å². The van der Waals surface area contributed by atoms with Gasteiger partial charge in [-0.15, -0.1) is 0 Å². The van der Waals surface area contributed by atoms with Crippen LogP contribution in [0.25, 0.3) is 11.0 Å². The topological polar surface area (TPSA) is 140 Å². The summed E-state index contributed by atoms with van der Waals surface area (Å²) in [5, 5.41) is 17.6. The smallest absolute Gasteiger partial charge is 0.417 e. The third-order valence-corrected chi connectivity index (χ3v) is 4.02. The number of benzene rings is 1. The van der Waals surface area contributed by atoms with Gasteiger partial charge in [-0.25, -0.2) is 32.9 Å². The average molecular weight is 333 g/mol. The molecule has 0 aliphatic rings. The molecule has 118 valence electrons. The molecule has 0 aliphatic carbocycles. The van der Waals surface area contributed by atoms with Gasteiger partial charge < -0.3 is 10.4 Å². The number of sulfonamides is 1. The molecule has 0 aliphatic heterocycles. The van der Waals surface area contributed by atoms with Crippen molar-refractivity contribution in [1.82, 2.24) is 14.5 Å². The first-order valence-electron chi connectivity index (χ1n) is 6.31. The van der Waals surface area contributed by atoms with Gasteiger partial charge in [-0.1, -0.05) is 6.07 Å². The highest BCUT2D eigenvalue weighted by atomic mass is 32.2. The minimum atomic E-state index is -3.82. The van der Waals surface area contributed by atoms with Crippen LogP contribution in [0.3, 0.4) is 0 Å². The van der Waals surface area contributed by atoms with Crippen LogP contribution < -0.4 is 10.5 Å². The third-order valence-electron chi connectivity index (χ3n) is 3.11. The van der Waals surface area contributed by atoms with Crippen molar-refractivity contribution in [3.63, 3.8) is 0 Å². The lowest BCUT2D eigenvalue weighted by Gasteiger charge is -2.08. The van der Waals surface area contributed by atoms with Gasteiger partial charge in [0.2, 0.25) is 10.0 Å². The van der Waals surface area contributed by atoms with Crippen LogP contribution in [0.1, 0.15) is 0 Å². The molecular weight excluding hydrogens is 322 g/mol. The minimum absolute atomic E-state index is 0.0455. The van der Waals surface area contributed by atoms with Crippen LogP contribution >= 0.6 is 0 Å². The Morgan fingerprint density at radius 3 is 2.74 bits per heavy atom. The van der Waals surface area contributed by atoms with E-state index in [0.717, 1.165) is 4.57 Å². The van der Waals surface area contributed by atoms with Crippen molar-refractivity contribution >= 4 is 38.7 Å². The van der Waals surface area contributed by atoms with Gasteiger partial charge in [0, 0.05) is 11.9 Å². The maximum atomic E-state index is 11.4. The molecule has 4 N–H and O–H groups in total. The number of carbonyl (C=O) groups is 1. The lowest BCUT2D eigenvalue weighted by molar-refractivity contribution is 0.197. The first-order chi connectivity index (χ1) is 10.9. The molecule has 2 heterocycles. The molecule has 0 unspecified atom stereocenters. The Bertz CT molecular complexity index is 1010. The van der Waals surface area contributed by atoms with Gasteiger partial charge in [-0.2, -0.15) is 0 Å². The normalized spacial score (nSPS) is 11.5. The fraction of sp³-hybridized carbons (Fsp3) is 0. The van der Waals surface area contributed by atoms with E-state index >= 15 is 0 Å². The summed E-state index contributed by atoms with van der Waals surface area (Å²) in [5.74, 6) is 0.349. The Morgan fingerprint density at radius 2 is 2.04 bits per heavy atom. The second-order valence-electron chi connectivity index (χ2n) is 4.63. The Hall–Kier alpha value is -2.98. The highest BCUT2D eigenvalue weighted by Crippen LogP contribution is 2.24. The second kappa shape index (κ2) is 5.34. The van der Waals surface area contributed by atoms with Gasteiger partial charge in [0.15, 0.2) is 5.65 Å². The van der Waals surface area contributed by atoms with Crippen molar-refractivity contribution in [2.24, 2.45) is 5.14 Å². The molecule has 1 aromatic carbocycles. The molecule has 0 radical (unpaired) electrons. The van der Waals surface area contributed by atoms with Gasteiger partial charge in [0.05, 0.1) is 10.3 Å². The first kappa shape index (κ1) is 14.9. The molecule has 0 spiro atoms. The maximum Gasteiger partial charge on any atom is 0.417 e. The van der Waals surface area contributed by atoms with Gasteiger partial charge in [0.25, 0.3) is 0 Å². The number of fused-ring (bicyclic) bond motifs is 1. The zero-order chi connectivity index (χ0) is 16.6. The van der Waals surface area contributed by atoms with E-state index in [9.17, 15) is 13.2 Å². The average Bonchev–Trinajstić information content (AvgIpc) is 2.92. The van der Waals surface area contributed by atoms with E-state index in [0.29, 0.717) is 16.9 Å². The first-order valence-corrected chi connectivity index (χ1v) is 7.86. The van der Waals surface area contributed by atoms with Crippen LogP contribution in [0.2, 0.25) is 0 Å². The fourth-order valence-electron chi connectivity index (χ4n) is 2.09. The molecule has 3 rings (SSSR count). The summed E-state index contributed by atoms with van der Waals surface area (Å²) in [6, 6.07) is 7.45. The van der Waals surface area contributed by atoms with Gasteiger partial charge >= 0.3 is 6.09 Å². The van der Waals surface area contributed by atoms with Crippen LogP contribution in [-0.2, 0) is 10.0 Å². The summed E-state index contributed by atoms with van der Waals surface area (Å²) in [4.78, 5) is 19.1. The van der Waals surface area contributed by atoms with E-state index in [2.05, 4.69) is 15.3 Å². The van der Waals surface area contributed by atoms with Crippen molar-refractivity contribution in [3.8, 4) is 0 Å². The summed E-state index contributed by atoms with van der Waals surface area (Å²) in [7, 11) is -3.82. The molecule has 23 heavy (non-hydrogen) atoms. The Labute approximate surface area is 130 Å². The van der Waals surface area contributed by atoms with Gasteiger partial charge in [-0.3, -0.25) is 0 Å². The molecule has 3 aromatic rings. The Kier molecular flexibility index (Phi) is 3.47. The number of hydrogen-bond donors (Lipinski definition) is 3. The van der Waals surface area contributed by atoms with E-state index < -0.39 is 16.1 Å². The fourth-order valence-corrected chi connectivity index (χ4v) is 2.65. The highest BCUT2D eigenvalue weighted by Gasteiger charge is 2.13. The number of nitrogens with one attached hydrogen (secondary N) is 1. The van der Waals surface area contributed by atoms with E-state index in [-0.39, 0.29) is 10.5 Å². The van der Waals surface area contributed by atoms with Crippen LogP contribution in [0.4, 0.5) is 16.3 Å². The number of rotatable bonds is 3. The van der Waals surface area contributed by atoms with E-state index in [1.807, 2.05) is 0 Å². The molecule has 0 fully saturated rings. The van der Waals surface area contributed by atoms with Crippen molar-refractivity contribution in [2.45, 2.75) is 4.90 Å². The number of hydrogen-bond acceptors (Lipinski definition) is 6. The van der Waals surface area contributed by atoms with E-state index in [1.54, 1.807) is 12.1 Å². The molecule has 10 heteroatoms. The van der Waals surface area contributed by atoms with Crippen molar-refractivity contribution in [1.29, 1.82) is 0 Å². The summed E-state index contributed by atoms with van der Waals surface area (Å²) >= 11 is 0. The van der Waals surface area contributed by atoms with Gasteiger partial charge in [0.1, 0.15) is 12.1 Å². The zero-order valence-corrected chi connectivity index (χ0v) is 12.4. The summed E-state index contributed by atoms with van der Waals surface area (Å²) < 4.78 is 23.7. The minimum Gasteiger partial charge on any atom is -0.464 e. The quantitative estimate of drug-likeness (QED) is 0.657.